The smallest absolute Gasteiger partial charge is 0.319 e. The first-order chi connectivity index (χ1) is 14.1. The van der Waals surface area contributed by atoms with E-state index in [1.165, 1.54) is 18.4 Å². The van der Waals surface area contributed by atoms with Crippen LogP contribution in [0.4, 0.5) is 10.5 Å². The zero-order valence-corrected chi connectivity index (χ0v) is 17.2. The van der Waals surface area contributed by atoms with Gasteiger partial charge in [-0.05, 0) is 68.2 Å². The van der Waals surface area contributed by atoms with Crippen molar-refractivity contribution in [2.24, 2.45) is 5.92 Å². The van der Waals surface area contributed by atoms with Crippen LogP contribution >= 0.6 is 0 Å². The number of furan rings is 1. The Morgan fingerprint density at radius 2 is 2.00 bits per heavy atom. The number of likely N-dealkylation sites (tertiary alicyclic amines) is 1. The van der Waals surface area contributed by atoms with Crippen LogP contribution in [0.15, 0.2) is 53.3 Å². The van der Waals surface area contributed by atoms with Crippen LogP contribution < -0.4 is 10.6 Å². The molecule has 0 spiro atoms. The number of nitrogens with zero attached hydrogens (tertiary/aromatic N) is 2. The molecule has 1 saturated heterocycles. The van der Waals surface area contributed by atoms with Crippen molar-refractivity contribution in [2.75, 3.05) is 25.0 Å². The fourth-order valence-electron chi connectivity index (χ4n) is 4.14. The summed E-state index contributed by atoms with van der Waals surface area (Å²) in [5, 5.41) is 7.12. The second-order valence-corrected chi connectivity index (χ2v) is 8.24. The Bertz CT molecular complexity index is 939. The molecular weight excluding hydrogens is 364 g/mol. The van der Waals surface area contributed by atoms with Crippen LogP contribution in [0.5, 0.6) is 0 Å². The number of carbonyl (C=O) groups excluding carboxylic acids is 1. The maximum absolute atomic E-state index is 12.5. The molecular formula is C23H30N4O2. The summed E-state index contributed by atoms with van der Waals surface area (Å²) in [5.74, 6) is 1.49. The number of aromatic nitrogens is 1. The number of fused-ring (bicyclic) bond motifs is 1. The predicted octanol–water partition coefficient (Wildman–Crippen LogP) is 4.85. The van der Waals surface area contributed by atoms with Crippen molar-refractivity contribution in [3.05, 3.63) is 54.6 Å². The summed E-state index contributed by atoms with van der Waals surface area (Å²) in [6.45, 7) is 8.01. The van der Waals surface area contributed by atoms with Gasteiger partial charge >= 0.3 is 6.03 Å². The van der Waals surface area contributed by atoms with Crippen molar-refractivity contribution in [1.82, 2.24) is 14.8 Å². The Labute approximate surface area is 171 Å². The van der Waals surface area contributed by atoms with E-state index in [-0.39, 0.29) is 12.1 Å². The fraction of sp³-hybridized carbons (Fsp3) is 0.435. The molecule has 1 aliphatic heterocycles. The number of rotatable bonds is 7. The third kappa shape index (κ3) is 4.65. The average Bonchev–Trinajstić information content (AvgIpc) is 3.44. The molecule has 154 valence electrons. The second-order valence-electron chi connectivity index (χ2n) is 8.24. The molecule has 6 heteroatoms. The minimum absolute atomic E-state index is 0.0748. The van der Waals surface area contributed by atoms with Crippen LogP contribution in [0.1, 0.15) is 38.5 Å². The Morgan fingerprint density at radius 1 is 1.17 bits per heavy atom. The molecule has 1 aliphatic rings. The van der Waals surface area contributed by atoms with Gasteiger partial charge in [-0.3, -0.25) is 4.90 Å². The highest BCUT2D eigenvalue weighted by Gasteiger charge is 2.25. The Morgan fingerprint density at radius 3 is 2.72 bits per heavy atom. The van der Waals surface area contributed by atoms with Crippen LogP contribution in [0.25, 0.3) is 10.9 Å². The molecule has 4 rings (SSSR count). The molecule has 2 aromatic heterocycles. The van der Waals surface area contributed by atoms with Gasteiger partial charge < -0.3 is 19.6 Å². The Balaban J connectivity index is 1.38. The van der Waals surface area contributed by atoms with E-state index in [4.69, 9.17) is 4.42 Å². The molecule has 1 unspecified atom stereocenters. The van der Waals surface area contributed by atoms with Gasteiger partial charge in [-0.2, -0.15) is 0 Å². The highest BCUT2D eigenvalue weighted by Crippen LogP contribution is 2.25. The third-order valence-corrected chi connectivity index (χ3v) is 5.50. The molecule has 0 bridgehead atoms. The normalized spacial score (nSPS) is 15.8. The van der Waals surface area contributed by atoms with E-state index >= 15 is 0 Å². The largest absolute Gasteiger partial charge is 0.468 e. The number of nitrogens with one attached hydrogen (secondary N) is 2. The number of hydrogen-bond donors (Lipinski definition) is 2. The SMILES string of the molecule is CC(C)Cn1ccc2cc(NC(=O)NCC(c3ccco3)N3CCCC3)ccc21. The van der Waals surface area contributed by atoms with Crippen LogP contribution in [0.3, 0.4) is 0 Å². The molecule has 1 atom stereocenters. The number of benzene rings is 1. The topological polar surface area (TPSA) is 62.4 Å². The minimum atomic E-state index is -0.193. The van der Waals surface area contributed by atoms with Gasteiger partial charge in [-0.25, -0.2) is 4.79 Å². The summed E-state index contributed by atoms with van der Waals surface area (Å²) in [5.41, 5.74) is 1.99. The quantitative estimate of drug-likeness (QED) is 0.602. The molecule has 0 aliphatic carbocycles. The first kappa shape index (κ1) is 19.6. The van der Waals surface area contributed by atoms with Gasteiger partial charge in [0.05, 0.1) is 12.3 Å². The monoisotopic (exact) mass is 394 g/mol. The lowest BCUT2D eigenvalue weighted by Crippen LogP contribution is -2.38. The van der Waals surface area contributed by atoms with Gasteiger partial charge in [0, 0.05) is 35.9 Å². The Hall–Kier alpha value is -2.73. The van der Waals surface area contributed by atoms with E-state index in [2.05, 4.69) is 52.3 Å². The van der Waals surface area contributed by atoms with Gasteiger partial charge in [0.25, 0.3) is 0 Å². The maximum atomic E-state index is 12.5. The van der Waals surface area contributed by atoms with Gasteiger partial charge in [0.1, 0.15) is 5.76 Å². The number of carbonyl (C=O) groups is 1. The van der Waals surface area contributed by atoms with Crippen LogP contribution in [-0.4, -0.2) is 35.1 Å². The van der Waals surface area contributed by atoms with Crippen LogP contribution in [-0.2, 0) is 6.54 Å². The molecule has 2 amide bonds. The summed E-state index contributed by atoms with van der Waals surface area (Å²) in [7, 11) is 0. The molecule has 3 heterocycles. The van der Waals surface area contributed by atoms with Crippen molar-refractivity contribution in [3.8, 4) is 0 Å². The van der Waals surface area contributed by atoms with Crippen LogP contribution in [0.2, 0.25) is 0 Å². The first-order valence-corrected chi connectivity index (χ1v) is 10.5. The van der Waals surface area contributed by atoms with Crippen molar-refractivity contribution in [1.29, 1.82) is 0 Å². The fourth-order valence-corrected chi connectivity index (χ4v) is 4.14. The van der Waals surface area contributed by atoms with Gasteiger partial charge in [-0.15, -0.1) is 0 Å². The summed E-state index contributed by atoms with van der Waals surface area (Å²) >= 11 is 0. The molecule has 1 aromatic carbocycles. The molecule has 0 saturated carbocycles. The number of amides is 2. The zero-order valence-electron chi connectivity index (χ0n) is 17.2. The maximum Gasteiger partial charge on any atom is 0.319 e. The summed E-state index contributed by atoms with van der Waals surface area (Å²) in [4.78, 5) is 14.9. The molecule has 29 heavy (non-hydrogen) atoms. The summed E-state index contributed by atoms with van der Waals surface area (Å²) < 4.78 is 7.88. The predicted molar refractivity (Wildman–Crippen MR) is 116 cm³/mol. The molecule has 1 fully saturated rings. The number of anilines is 1. The van der Waals surface area contributed by atoms with Gasteiger partial charge in [0.2, 0.25) is 0 Å². The van der Waals surface area contributed by atoms with E-state index in [1.807, 2.05) is 24.3 Å². The van der Waals surface area contributed by atoms with Crippen molar-refractivity contribution >= 4 is 22.6 Å². The highest BCUT2D eigenvalue weighted by atomic mass is 16.3. The van der Waals surface area contributed by atoms with Crippen molar-refractivity contribution < 1.29 is 9.21 Å². The van der Waals surface area contributed by atoms with Crippen molar-refractivity contribution in [3.63, 3.8) is 0 Å². The van der Waals surface area contributed by atoms with E-state index in [0.717, 1.165) is 36.5 Å². The zero-order chi connectivity index (χ0) is 20.2. The Kier molecular flexibility index (Phi) is 5.90. The number of urea groups is 1. The van der Waals surface area contributed by atoms with Crippen molar-refractivity contribution in [2.45, 2.75) is 39.3 Å². The average molecular weight is 395 g/mol. The lowest BCUT2D eigenvalue weighted by atomic mass is 10.2. The summed E-state index contributed by atoms with van der Waals surface area (Å²) in [6, 6.07) is 11.9. The molecule has 3 aromatic rings. The molecule has 2 N–H and O–H groups in total. The first-order valence-electron chi connectivity index (χ1n) is 10.5. The number of hydrogen-bond acceptors (Lipinski definition) is 3. The summed E-state index contributed by atoms with van der Waals surface area (Å²) in [6.07, 6.45) is 6.19. The third-order valence-electron chi connectivity index (χ3n) is 5.50. The van der Waals surface area contributed by atoms with E-state index < -0.39 is 0 Å². The molecule has 6 nitrogen and oxygen atoms in total. The second kappa shape index (κ2) is 8.74. The van der Waals surface area contributed by atoms with Gasteiger partial charge in [0.15, 0.2) is 0 Å². The van der Waals surface area contributed by atoms with E-state index in [0.29, 0.717) is 12.5 Å². The van der Waals surface area contributed by atoms with Crippen LogP contribution in [0, 0.1) is 5.92 Å². The minimum Gasteiger partial charge on any atom is -0.468 e. The van der Waals surface area contributed by atoms with E-state index in [1.54, 1.807) is 6.26 Å². The standard InChI is InChI=1S/C23H30N4O2/c1-17(2)16-27-12-9-18-14-19(7-8-20(18)27)25-23(28)24-15-21(22-6-5-13-29-22)26-10-3-4-11-26/h5-9,12-14,17,21H,3-4,10-11,15-16H2,1-2H3,(H2,24,25,28). The van der Waals surface area contributed by atoms with E-state index in [9.17, 15) is 4.79 Å². The molecule has 0 radical (unpaired) electrons. The lowest BCUT2D eigenvalue weighted by molar-refractivity contribution is 0.207. The lowest BCUT2D eigenvalue weighted by Gasteiger charge is -2.26. The highest BCUT2D eigenvalue weighted by molar-refractivity contribution is 5.93. The van der Waals surface area contributed by atoms with Gasteiger partial charge in [-0.1, -0.05) is 13.8 Å².